The van der Waals surface area contributed by atoms with Crippen molar-refractivity contribution in [1.82, 2.24) is 9.80 Å². The number of aliphatic hydroxyl groups excluding tert-OH is 1. The molecule has 0 radical (unpaired) electrons. The molecule has 11 heteroatoms. The summed E-state index contributed by atoms with van der Waals surface area (Å²) in [4.78, 5) is 42.1. The van der Waals surface area contributed by atoms with Gasteiger partial charge in [0.25, 0.3) is 5.91 Å². The molecule has 1 aliphatic heterocycles. The fourth-order valence-electron chi connectivity index (χ4n) is 4.44. The first-order chi connectivity index (χ1) is 19.6. The van der Waals surface area contributed by atoms with Crippen molar-refractivity contribution >= 4 is 35.0 Å². The average molecular weight is 564 g/mol. The van der Waals surface area contributed by atoms with E-state index in [1.165, 1.54) is 35.2 Å². The smallest absolute Gasteiger partial charge is 0.323 e. The Morgan fingerprint density at radius 1 is 1.02 bits per heavy atom. The lowest BCUT2D eigenvalue weighted by Crippen LogP contribution is -2.50. The highest BCUT2D eigenvalue weighted by molar-refractivity contribution is 6.02. The molecule has 5 amide bonds. The number of nitrogens with zero attached hydrogens (tertiary/aromatic N) is 2. The largest absolute Gasteiger partial charge is 0.487 e. The van der Waals surface area contributed by atoms with Crippen LogP contribution in [0.25, 0.3) is 0 Å². The third-order valence-electron chi connectivity index (χ3n) is 6.85. The monoisotopic (exact) mass is 563 g/mol. The number of carbonyl (C=O) groups is 3. The van der Waals surface area contributed by atoms with Gasteiger partial charge in [0.15, 0.2) is 0 Å². The number of carbonyl (C=O) groups excluding carboxylic acids is 3. The number of hydrogen-bond acceptors (Lipinski definition) is 5. The van der Waals surface area contributed by atoms with Gasteiger partial charge in [-0.1, -0.05) is 25.1 Å². The van der Waals surface area contributed by atoms with Crippen LogP contribution in [0.2, 0.25) is 0 Å². The van der Waals surface area contributed by atoms with Gasteiger partial charge in [-0.2, -0.15) is 0 Å². The topological polar surface area (TPSA) is 123 Å². The Labute approximate surface area is 238 Å². The van der Waals surface area contributed by atoms with E-state index in [1.54, 1.807) is 43.1 Å². The number of hydrogen-bond donors (Lipinski definition) is 4. The van der Waals surface area contributed by atoms with Gasteiger partial charge in [0.05, 0.1) is 24.8 Å². The number of nitrogens with one attached hydrogen (secondary N) is 3. The van der Waals surface area contributed by atoms with Gasteiger partial charge in [-0.15, -0.1) is 0 Å². The number of ether oxygens (including phenoxy) is 1. The van der Waals surface area contributed by atoms with E-state index in [1.807, 2.05) is 25.1 Å². The molecule has 10 nitrogen and oxygen atoms in total. The van der Waals surface area contributed by atoms with Crippen LogP contribution in [0.4, 0.5) is 31.0 Å². The van der Waals surface area contributed by atoms with Crippen molar-refractivity contribution in [3.8, 4) is 5.75 Å². The van der Waals surface area contributed by atoms with Gasteiger partial charge in [-0.3, -0.25) is 4.79 Å². The van der Waals surface area contributed by atoms with Gasteiger partial charge < -0.3 is 35.6 Å². The molecule has 4 N–H and O–H groups in total. The summed E-state index contributed by atoms with van der Waals surface area (Å²) in [5.41, 5.74) is 1.60. The van der Waals surface area contributed by atoms with Crippen molar-refractivity contribution in [2.75, 3.05) is 42.7 Å². The second kappa shape index (κ2) is 13.1. The molecule has 216 valence electrons. The number of aliphatic hydroxyl groups is 1. The molecule has 0 saturated carbocycles. The molecule has 1 heterocycles. The van der Waals surface area contributed by atoms with Gasteiger partial charge >= 0.3 is 12.1 Å². The van der Waals surface area contributed by atoms with Gasteiger partial charge in [0.2, 0.25) is 0 Å². The normalized spacial score (nSPS) is 17.3. The standard InChI is InChI=1S/C30H34FN5O5/c1-19-16-36(20(2)18-37)28(38)25-15-24(33-29(39)32-23-11-9-21(31)10-12-23)13-14-26(25)41-27(19)17-35(3)30(40)34-22-7-5-4-6-8-22/h4-15,19-20,27,37H,16-18H2,1-3H3,(H,34,40)(H2,32,33,39)/t19-,20+,27+/m0/s1. The Balaban J connectivity index is 1.55. The first-order valence-corrected chi connectivity index (χ1v) is 13.3. The van der Waals surface area contributed by atoms with E-state index < -0.39 is 24.0 Å². The first-order valence-electron chi connectivity index (χ1n) is 13.3. The predicted octanol–water partition coefficient (Wildman–Crippen LogP) is 4.85. The molecule has 0 aromatic heterocycles. The number of fused-ring (bicyclic) bond motifs is 1. The predicted molar refractivity (Wildman–Crippen MR) is 155 cm³/mol. The molecule has 0 fully saturated rings. The number of para-hydroxylation sites is 1. The molecule has 3 aromatic rings. The molecule has 0 unspecified atom stereocenters. The first kappa shape index (κ1) is 29.3. The van der Waals surface area contributed by atoms with Crippen LogP contribution in [0.5, 0.6) is 5.75 Å². The number of anilines is 3. The number of benzene rings is 3. The summed E-state index contributed by atoms with van der Waals surface area (Å²) < 4.78 is 19.5. The van der Waals surface area contributed by atoms with Crippen molar-refractivity contribution < 1.29 is 28.6 Å². The van der Waals surface area contributed by atoms with E-state index in [4.69, 9.17) is 4.74 Å². The maximum Gasteiger partial charge on any atom is 0.323 e. The SMILES string of the molecule is C[C@H](CO)N1C[C@H](C)[C@@H](CN(C)C(=O)Nc2ccccc2)Oc2ccc(NC(=O)Nc3ccc(F)cc3)cc2C1=O. The molecule has 41 heavy (non-hydrogen) atoms. The zero-order valence-corrected chi connectivity index (χ0v) is 23.1. The maximum absolute atomic E-state index is 13.6. The number of urea groups is 2. The van der Waals surface area contributed by atoms with Crippen LogP contribution in [0.15, 0.2) is 72.8 Å². The molecule has 3 atom stereocenters. The quantitative estimate of drug-likeness (QED) is 0.327. The minimum Gasteiger partial charge on any atom is -0.487 e. The van der Waals surface area contributed by atoms with E-state index in [-0.39, 0.29) is 43.1 Å². The summed E-state index contributed by atoms with van der Waals surface area (Å²) in [6.07, 6.45) is -0.484. The highest BCUT2D eigenvalue weighted by Gasteiger charge is 2.34. The highest BCUT2D eigenvalue weighted by atomic mass is 19.1. The number of halogens is 1. The third kappa shape index (κ3) is 7.52. The molecule has 0 saturated heterocycles. The summed E-state index contributed by atoms with van der Waals surface area (Å²) >= 11 is 0. The summed E-state index contributed by atoms with van der Waals surface area (Å²) in [5.74, 6) is -0.673. The molecule has 1 aliphatic rings. The van der Waals surface area contributed by atoms with Crippen LogP contribution in [-0.2, 0) is 0 Å². The van der Waals surface area contributed by atoms with E-state index in [0.29, 0.717) is 22.8 Å². The maximum atomic E-state index is 13.6. The zero-order valence-electron chi connectivity index (χ0n) is 23.1. The van der Waals surface area contributed by atoms with Crippen molar-refractivity contribution in [1.29, 1.82) is 0 Å². The minimum absolute atomic E-state index is 0.188. The Bertz CT molecular complexity index is 1370. The molecule has 0 bridgehead atoms. The van der Waals surface area contributed by atoms with Gasteiger partial charge in [0, 0.05) is 36.6 Å². The molecule has 0 spiro atoms. The van der Waals surface area contributed by atoms with E-state index >= 15 is 0 Å². The third-order valence-corrected chi connectivity index (χ3v) is 6.85. The van der Waals surface area contributed by atoms with Crippen molar-refractivity contribution in [3.63, 3.8) is 0 Å². The highest BCUT2D eigenvalue weighted by Crippen LogP contribution is 2.31. The minimum atomic E-state index is -0.575. The molecule has 0 aliphatic carbocycles. The van der Waals surface area contributed by atoms with Gasteiger partial charge in [-0.25, -0.2) is 14.0 Å². The summed E-state index contributed by atoms with van der Waals surface area (Å²) in [6.45, 7) is 3.95. The Morgan fingerprint density at radius 2 is 1.66 bits per heavy atom. The van der Waals surface area contributed by atoms with E-state index in [0.717, 1.165) is 0 Å². The lowest BCUT2D eigenvalue weighted by molar-refractivity contribution is 0.0371. The summed E-state index contributed by atoms with van der Waals surface area (Å²) in [5, 5.41) is 18.0. The van der Waals surface area contributed by atoms with Crippen LogP contribution in [-0.4, -0.2) is 71.8 Å². The Hall–Kier alpha value is -4.64. The molecular weight excluding hydrogens is 529 g/mol. The Morgan fingerprint density at radius 3 is 2.34 bits per heavy atom. The van der Waals surface area contributed by atoms with Crippen molar-refractivity contribution in [2.45, 2.75) is 26.0 Å². The van der Waals surface area contributed by atoms with Crippen LogP contribution >= 0.6 is 0 Å². The average Bonchev–Trinajstić information content (AvgIpc) is 2.96. The second-order valence-corrected chi connectivity index (χ2v) is 10.1. The van der Waals surface area contributed by atoms with E-state index in [2.05, 4.69) is 16.0 Å². The lowest BCUT2D eigenvalue weighted by Gasteiger charge is -2.38. The van der Waals surface area contributed by atoms with Crippen molar-refractivity contribution in [3.05, 3.63) is 84.2 Å². The fraction of sp³-hybridized carbons (Fsp3) is 0.300. The lowest BCUT2D eigenvalue weighted by atomic mass is 9.99. The molecule has 3 aromatic carbocycles. The second-order valence-electron chi connectivity index (χ2n) is 10.1. The number of rotatable bonds is 7. The van der Waals surface area contributed by atoms with Crippen LogP contribution in [0.1, 0.15) is 24.2 Å². The molecule has 4 rings (SSSR count). The van der Waals surface area contributed by atoms with Crippen LogP contribution in [0.3, 0.4) is 0 Å². The zero-order chi connectivity index (χ0) is 29.5. The van der Waals surface area contributed by atoms with E-state index in [9.17, 15) is 23.9 Å². The fourth-order valence-corrected chi connectivity index (χ4v) is 4.44. The van der Waals surface area contributed by atoms with Gasteiger partial charge in [-0.05, 0) is 61.5 Å². The summed E-state index contributed by atoms with van der Waals surface area (Å²) in [6, 6.07) is 17.8. The van der Waals surface area contributed by atoms with Crippen LogP contribution in [0, 0.1) is 11.7 Å². The molecular formula is C30H34FN5O5. The van der Waals surface area contributed by atoms with Crippen LogP contribution < -0.4 is 20.7 Å². The Kier molecular flexibility index (Phi) is 9.41. The van der Waals surface area contributed by atoms with Gasteiger partial charge in [0.1, 0.15) is 17.7 Å². The van der Waals surface area contributed by atoms with Crippen molar-refractivity contribution in [2.24, 2.45) is 5.92 Å². The number of amides is 5. The number of likely N-dealkylation sites (N-methyl/N-ethyl adjacent to an activating group) is 1. The summed E-state index contributed by atoms with van der Waals surface area (Å²) in [7, 11) is 1.67.